The molecule has 2 heteroatoms. The van der Waals surface area contributed by atoms with Gasteiger partial charge < -0.3 is 5.32 Å². The summed E-state index contributed by atoms with van der Waals surface area (Å²) in [6, 6.07) is 0. The molecule has 0 aromatic heterocycles. The molecule has 5 rings (SSSR count). The molecule has 0 saturated heterocycles. The molecule has 7 unspecified atom stereocenters. The summed E-state index contributed by atoms with van der Waals surface area (Å²) in [4.78, 5) is 12.7. The third kappa shape index (κ3) is 1.95. The lowest BCUT2D eigenvalue weighted by Crippen LogP contribution is -2.41. The third-order valence-electron chi connectivity index (χ3n) is 7.90. The molecule has 0 heterocycles. The summed E-state index contributed by atoms with van der Waals surface area (Å²) in [5, 5.41) is 3.35. The van der Waals surface area contributed by atoms with E-state index in [1.54, 1.807) is 0 Å². The van der Waals surface area contributed by atoms with Gasteiger partial charge >= 0.3 is 0 Å². The van der Waals surface area contributed by atoms with Crippen molar-refractivity contribution >= 4 is 5.91 Å². The summed E-state index contributed by atoms with van der Waals surface area (Å²) < 4.78 is 0. The number of hydrogen-bond donors (Lipinski definition) is 1. The van der Waals surface area contributed by atoms with Gasteiger partial charge in [-0.15, -0.1) is 0 Å². The van der Waals surface area contributed by atoms with Gasteiger partial charge in [0.1, 0.15) is 0 Å². The first-order valence-electron chi connectivity index (χ1n) is 9.77. The molecule has 0 aromatic rings. The van der Waals surface area contributed by atoms with E-state index in [4.69, 9.17) is 0 Å². The van der Waals surface area contributed by atoms with Crippen molar-refractivity contribution in [2.24, 2.45) is 47.3 Å². The van der Waals surface area contributed by atoms with Gasteiger partial charge in [0.25, 0.3) is 0 Å². The molecule has 22 heavy (non-hydrogen) atoms. The molecule has 4 fully saturated rings. The van der Waals surface area contributed by atoms with Crippen LogP contribution in [0.4, 0.5) is 0 Å². The second kappa shape index (κ2) is 5.11. The van der Waals surface area contributed by atoms with Crippen LogP contribution in [0.3, 0.4) is 0 Å². The van der Waals surface area contributed by atoms with Gasteiger partial charge in [-0.1, -0.05) is 31.4 Å². The summed E-state index contributed by atoms with van der Waals surface area (Å²) >= 11 is 0. The van der Waals surface area contributed by atoms with Gasteiger partial charge in [0, 0.05) is 12.5 Å². The number of rotatable bonds is 3. The standard InChI is InChI=1S/C20H29NO/c22-20(21-11-12-4-2-1-3-5-12)17-10-15-9-16(17)19-14-7-6-13(8-14)18(15)19/h6-7,12-19H,1-5,8-11H2,(H,21,22). The highest BCUT2D eigenvalue weighted by Crippen LogP contribution is 2.66. The quantitative estimate of drug-likeness (QED) is 0.623. The summed E-state index contributed by atoms with van der Waals surface area (Å²) in [5.41, 5.74) is 0. The Balaban J connectivity index is 1.22. The van der Waals surface area contributed by atoms with Crippen LogP contribution in [0.15, 0.2) is 12.2 Å². The first-order valence-corrected chi connectivity index (χ1v) is 9.77. The van der Waals surface area contributed by atoms with E-state index in [0.717, 1.165) is 42.1 Å². The molecule has 5 aliphatic rings. The molecule has 120 valence electrons. The molecule has 0 aliphatic heterocycles. The predicted molar refractivity (Wildman–Crippen MR) is 87.0 cm³/mol. The van der Waals surface area contributed by atoms with E-state index < -0.39 is 0 Å². The minimum absolute atomic E-state index is 0.350. The highest BCUT2D eigenvalue weighted by atomic mass is 16.1. The van der Waals surface area contributed by atoms with Crippen molar-refractivity contribution < 1.29 is 4.79 Å². The Morgan fingerprint density at radius 3 is 2.55 bits per heavy atom. The average molecular weight is 299 g/mol. The number of hydrogen-bond acceptors (Lipinski definition) is 1. The lowest BCUT2D eigenvalue weighted by Gasteiger charge is -2.36. The molecule has 4 bridgehead atoms. The molecule has 4 saturated carbocycles. The summed E-state index contributed by atoms with van der Waals surface area (Å²) in [5.74, 6) is 6.58. The van der Waals surface area contributed by atoms with Gasteiger partial charge in [0.2, 0.25) is 5.91 Å². The monoisotopic (exact) mass is 299 g/mol. The van der Waals surface area contributed by atoms with E-state index in [1.807, 2.05) is 0 Å². The third-order valence-corrected chi connectivity index (χ3v) is 7.90. The van der Waals surface area contributed by atoms with Crippen LogP contribution >= 0.6 is 0 Å². The Morgan fingerprint density at radius 2 is 1.73 bits per heavy atom. The molecule has 0 spiro atoms. The maximum absolute atomic E-state index is 12.7. The first-order chi connectivity index (χ1) is 10.8. The van der Waals surface area contributed by atoms with Crippen molar-refractivity contribution in [3.05, 3.63) is 12.2 Å². The van der Waals surface area contributed by atoms with Gasteiger partial charge in [-0.25, -0.2) is 0 Å². The summed E-state index contributed by atoms with van der Waals surface area (Å²) in [6.07, 6.45) is 15.7. The van der Waals surface area contributed by atoms with E-state index in [9.17, 15) is 4.79 Å². The Bertz CT molecular complexity index is 492. The molecule has 1 amide bonds. The molecule has 0 radical (unpaired) electrons. The van der Waals surface area contributed by atoms with E-state index >= 15 is 0 Å². The van der Waals surface area contributed by atoms with Crippen LogP contribution in [0.25, 0.3) is 0 Å². The molecule has 7 atom stereocenters. The van der Waals surface area contributed by atoms with Gasteiger partial charge in [-0.3, -0.25) is 4.79 Å². The number of carbonyl (C=O) groups is 1. The zero-order valence-corrected chi connectivity index (χ0v) is 13.5. The fourth-order valence-electron chi connectivity index (χ4n) is 7.08. The number of nitrogens with one attached hydrogen (secondary N) is 1. The molecule has 5 aliphatic carbocycles. The minimum Gasteiger partial charge on any atom is -0.356 e. The minimum atomic E-state index is 0.350. The van der Waals surface area contributed by atoms with Gasteiger partial charge in [-0.05, 0) is 73.5 Å². The van der Waals surface area contributed by atoms with Crippen molar-refractivity contribution in [1.82, 2.24) is 5.32 Å². The second-order valence-corrected chi connectivity index (χ2v) is 8.85. The van der Waals surface area contributed by atoms with E-state index in [-0.39, 0.29) is 0 Å². The van der Waals surface area contributed by atoms with Crippen LogP contribution in [0.2, 0.25) is 0 Å². The average Bonchev–Trinajstić information content (AvgIpc) is 3.30. The maximum atomic E-state index is 12.7. The van der Waals surface area contributed by atoms with Gasteiger partial charge in [-0.2, -0.15) is 0 Å². The zero-order valence-electron chi connectivity index (χ0n) is 13.5. The number of allylic oxidation sites excluding steroid dienone is 2. The Hall–Kier alpha value is -0.790. The van der Waals surface area contributed by atoms with Crippen molar-refractivity contribution in [3.63, 3.8) is 0 Å². The first kappa shape index (κ1) is 13.6. The molecule has 1 N–H and O–H groups in total. The maximum Gasteiger partial charge on any atom is 0.223 e. The lowest BCUT2D eigenvalue weighted by molar-refractivity contribution is -0.128. The normalized spacial score (nSPS) is 48.8. The van der Waals surface area contributed by atoms with Crippen LogP contribution in [-0.2, 0) is 4.79 Å². The second-order valence-electron chi connectivity index (χ2n) is 8.85. The highest BCUT2D eigenvalue weighted by molar-refractivity contribution is 5.79. The summed E-state index contributed by atoms with van der Waals surface area (Å²) in [6.45, 7) is 0.951. The van der Waals surface area contributed by atoms with Crippen LogP contribution < -0.4 is 5.32 Å². The largest absolute Gasteiger partial charge is 0.356 e. The van der Waals surface area contributed by atoms with Gasteiger partial charge in [0.05, 0.1) is 0 Å². The van der Waals surface area contributed by atoms with Crippen LogP contribution in [0.5, 0.6) is 0 Å². The van der Waals surface area contributed by atoms with Crippen LogP contribution in [-0.4, -0.2) is 12.5 Å². The smallest absolute Gasteiger partial charge is 0.223 e. The topological polar surface area (TPSA) is 29.1 Å². The lowest BCUT2D eigenvalue weighted by atomic mass is 9.69. The van der Waals surface area contributed by atoms with Crippen LogP contribution in [0.1, 0.15) is 51.4 Å². The van der Waals surface area contributed by atoms with Crippen molar-refractivity contribution in [2.45, 2.75) is 51.4 Å². The molecular formula is C20H29NO. The van der Waals surface area contributed by atoms with Crippen molar-refractivity contribution in [1.29, 1.82) is 0 Å². The predicted octanol–water partition coefficient (Wildman–Crippen LogP) is 3.78. The molecular weight excluding hydrogens is 270 g/mol. The van der Waals surface area contributed by atoms with Gasteiger partial charge in [0.15, 0.2) is 0 Å². The van der Waals surface area contributed by atoms with Crippen molar-refractivity contribution in [3.8, 4) is 0 Å². The van der Waals surface area contributed by atoms with Crippen LogP contribution in [0, 0.1) is 47.3 Å². The SMILES string of the molecule is O=C(NCC1CCCCC1)C1CC2CC1C1C3C=CC(C3)C21. The Morgan fingerprint density at radius 1 is 0.955 bits per heavy atom. The number of fused-ring (bicyclic) bond motifs is 9. The molecule has 2 nitrogen and oxygen atoms in total. The molecule has 0 aromatic carbocycles. The van der Waals surface area contributed by atoms with E-state index in [0.29, 0.717) is 17.7 Å². The number of carbonyl (C=O) groups excluding carboxylic acids is 1. The number of amides is 1. The zero-order chi connectivity index (χ0) is 14.7. The van der Waals surface area contributed by atoms with E-state index in [1.165, 1.54) is 51.4 Å². The Labute approximate surface area is 134 Å². The Kier molecular flexibility index (Phi) is 3.16. The fourth-order valence-corrected chi connectivity index (χ4v) is 7.08. The van der Waals surface area contributed by atoms with E-state index in [2.05, 4.69) is 17.5 Å². The highest BCUT2D eigenvalue weighted by Gasteiger charge is 2.62. The fraction of sp³-hybridized carbons (Fsp3) is 0.850. The summed E-state index contributed by atoms with van der Waals surface area (Å²) in [7, 11) is 0. The van der Waals surface area contributed by atoms with Crippen molar-refractivity contribution in [2.75, 3.05) is 6.54 Å².